The van der Waals surface area contributed by atoms with Gasteiger partial charge >= 0.3 is 12.4 Å². The minimum Gasteiger partial charge on any atom is -0.480 e. The zero-order valence-electron chi connectivity index (χ0n) is 14.5. The fraction of sp³-hybridized carbons (Fsp3) is 0.316. The Hall–Kier alpha value is -2.71. The zero-order chi connectivity index (χ0) is 20.7. The molecule has 1 aliphatic heterocycles. The van der Waals surface area contributed by atoms with Gasteiger partial charge in [-0.2, -0.15) is 26.3 Å². The summed E-state index contributed by atoms with van der Waals surface area (Å²) in [6, 6.07) is 6.29. The van der Waals surface area contributed by atoms with Crippen LogP contribution in [-0.2, 0) is 23.6 Å². The molecule has 1 unspecified atom stereocenters. The molecule has 0 radical (unpaired) electrons. The smallest absolute Gasteiger partial charge is 0.416 e. The lowest BCUT2D eigenvalue weighted by atomic mass is 10.00. The average Bonchev–Trinajstić information content (AvgIpc) is 2.59. The van der Waals surface area contributed by atoms with Crippen LogP contribution < -0.4 is 10.1 Å². The van der Waals surface area contributed by atoms with E-state index in [0.29, 0.717) is 24.3 Å². The number of alkyl halides is 6. The molecule has 1 heterocycles. The summed E-state index contributed by atoms with van der Waals surface area (Å²) in [5, 5.41) is 2.11. The third-order valence-corrected chi connectivity index (χ3v) is 4.31. The third kappa shape index (κ3) is 4.40. The maximum absolute atomic E-state index is 12.9. The minimum absolute atomic E-state index is 0.00530. The lowest BCUT2D eigenvalue weighted by molar-refractivity contribution is -0.143. The van der Waals surface area contributed by atoms with Gasteiger partial charge in [0, 0.05) is 5.69 Å². The predicted molar refractivity (Wildman–Crippen MR) is 89.0 cm³/mol. The van der Waals surface area contributed by atoms with Gasteiger partial charge in [0.15, 0.2) is 6.10 Å². The fourth-order valence-electron chi connectivity index (χ4n) is 2.95. The Kier molecular flexibility index (Phi) is 5.03. The Balaban J connectivity index is 1.83. The van der Waals surface area contributed by atoms with Gasteiger partial charge in [0.25, 0.3) is 5.91 Å². The van der Waals surface area contributed by atoms with E-state index in [1.165, 1.54) is 0 Å². The molecule has 9 heteroatoms. The topological polar surface area (TPSA) is 38.3 Å². The second-order valence-corrected chi connectivity index (χ2v) is 6.54. The predicted octanol–water partition coefficient (Wildman–Crippen LogP) is 5.36. The van der Waals surface area contributed by atoms with Gasteiger partial charge in [-0.1, -0.05) is 17.7 Å². The molecule has 0 fully saturated rings. The van der Waals surface area contributed by atoms with Crippen LogP contribution in [0.25, 0.3) is 0 Å². The molecule has 1 amide bonds. The molecule has 150 valence electrons. The van der Waals surface area contributed by atoms with E-state index in [1.807, 2.05) is 13.0 Å². The largest absolute Gasteiger partial charge is 0.480 e. The van der Waals surface area contributed by atoms with E-state index in [1.54, 1.807) is 12.1 Å². The molecule has 3 nitrogen and oxygen atoms in total. The Bertz CT molecular complexity index is 872. The first-order valence-electron chi connectivity index (χ1n) is 8.30. The van der Waals surface area contributed by atoms with Gasteiger partial charge in [-0.3, -0.25) is 4.79 Å². The normalized spacial score (nSPS) is 16.9. The Morgan fingerprint density at radius 1 is 1.00 bits per heavy atom. The van der Waals surface area contributed by atoms with Crippen molar-refractivity contribution in [2.75, 3.05) is 5.32 Å². The molecule has 2 aromatic carbocycles. The molecule has 0 bridgehead atoms. The van der Waals surface area contributed by atoms with Crippen LogP contribution >= 0.6 is 0 Å². The van der Waals surface area contributed by atoms with Gasteiger partial charge in [0.05, 0.1) is 11.1 Å². The average molecular weight is 403 g/mol. The van der Waals surface area contributed by atoms with Crippen molar-refractivity contribution in [3.63, 3.8) is 0 Å². The summed E-state index contributed by atoms with van der Waals surface area (Å²) in [6.07, 6.45) is -10.2. The Morgan fingerprint density at radius 2 is 1.61 bits per heavy atom. The van der Waals surface area contributed by atoms with Gasteiger partial charge in [-0.15, -0.1) is 0 Å². The van der Waals surface area contributed by atoms with E-state index < -0.39 is 41.2 Å². The van der Waals surface area contributed by atoms with Crippen LogP contribution in [0.2, 0.25) is 0 Å². The number of carbonyl (C=O) groups excluding carboxylic acids is 1. The molecule has 28 heavy (non-hydrogen) atoms. The van der Waals surface area contributed by atoms with E-state index in [0.717, 1.165) is 11.1 Å². The summed E-state index contributed by atoms with van der Waals surface area (Å²) < 4.78 is 83.1. The van der Waals surface area contributed by atoms with E-state index in [9.17, 15) is 31.1 Å². The number of ether oxygens (including phenoxy) is 1. The van der Waals surface area contributed by atoms with E-state index >= 15 is 0 Å². The molecule has 3 rings (SSSR count). The third-order valence-electron chi connectivity index (χ3n) is 4.31. The molecule has 1 atom stereocenters. The summed E-state index contributed by atoms with van der Waals surface area (Å²) in [5.41, 5.74) is -1.69. The first kappa shape index (κ1) is 20.0. The van der Waals surface area contributed by atoms with Crippen molar-refractivity contribution < 1.29 is 35.9 Å². The number of benzene rings is 2. The quantitative estimate of drug-likeness (QED) is 0.686. The summed E-state index contributed by atoms with van der Waals surface area (Å²) in [5.74, 6) is -0.337. The molecular formula is C19H15F6NO2. The van der Waals surface area contributed by atoms with Crippen LogP contribution in [0, 0.1) is 6.92 Å². The maximum atomic E-state index is 12.9. The van der Waals surface area contributed by atoms with Gasteiger partial charge in [0.1, 0.15) is 5.75 Å². The number of rotatable bonds is 2. The van der Waals surface area contributed by atoms with Crippen LogP contribution in [-0.4, -0.2) is 12.0 Å². The number of nitrogens with one attached hydrogen (secondary N) is 1. The molecule has 0 saturated carbocycles. The number of hydrogen-bond acceptors (Lipinski definition) is 2. The number of halogens is 6. The van der Waals surface area contributed by atoms with Gasteiger partial charge in [0.2, 0.25) is 0 Å². The van der Waals surface area contributed by atoms with E-state index in [2.05, 4.69) is 5.32 Å². The number of hydrogen-bond donors (Lipinski definition) is 1. The number of amides is 1. The Morgan fingerprint density at radius 3 is 2.18 bits per heavy atom. The summed E-state index contributed by atoms with van der Waals surface area (Å²) in [7, 11) is 0. The highest BCUT2D eigenvalue weighted by molar-refractivity contribution is 5.94. The summed E-state index contributed by atoms with van der Waals surface area (Å²) in [4.78, 5) is 12.4. The molecular weight excluding hydrogens is 388 g/mol. The number of aryl methyl sites for hydroxylation is 2. The number of fused-ring (bicyclic) bond motifs is 1. The van der Waals surface area contributed by atoms with Crippen LogP contribution in [0.15, 0.2) is 36.4 Å². The monoisotopic (exact) mass is 403 g/mol. The van der Waals surface area contributed by atoms with Crippen molar-refractivity contribution in [2.45, 2.75) is 38.2 Å². The number of carbonyl (C=O) groups is 1. The summed E-state index contributed by atoms with van der Waals surface area (Å²) in [6.45, 7) is 1.89. The number of anilines is 1. The maximum Gasteiger partial charge on any atom is 0.416 e. The Labute approximate surface area is 156 Å². The molecule has 0 aromatic heterocycles. The first-order chi connectivity index (χ1) is 12.9. The molecule has 2 aromatic rings. The van der Waals surface area contributed by atoms with Crippen LogP contribution in [0.5, 0.6) is 5.75 Å². The van der Waals surface area contributed by atoms with Crippen molar-refractivity contribution in [3.05, 3.63) is 58.7 Å². The van der Waals surface area contributed by atoms with Gasteiger partial charge < -0.3 is 10.1 Å². The van der Waals surface area contributed by atoms with Crippen molar-refractivity contribution >= 4 is 11.6 Å². The van der Waals surface area contributed by atoms with E-state index in [4.69, 9.17) is 4.74 Å². The van der Waals surface area contributed by atoms with Crippen LogP contribution in [0.3, 0.4) is 0 Å². The lowest BCUT2D eigenvalue weighted by Crippen LogP contribution is -2.36. The highest BCUT2D eigenvalue weighted by Gasteiger charge is 2.37. The second kappa shape index (κ2) is 7.03. The van der Waals surface area contributed by atoms with Crippen LogP contribution in [0.1, 0.15) is 28.7 Å². The van der Waals surface area contributed by atoms with Gasteiger partial charge in [-0.05, 0) is 49.6 Å². The van der Waals surface area contributed by atoms with Crippen molar-refractivity contribution in [3.8, 4) is 5.75 Å². The SMILES string of the molecule is Cc1ccc2c(c1)CCC(C(=O)Nc1cc(C(F)(F)F)cc(C(F)(F)F)c1)O2. The van der Waals surface area contributed by atoms with Gasteiger partial charge in [-0.25, -0.2) is 0 Å². The van der Waals surface area contributed by atoms with Crippen molar-refractivity contribution in [2.24, 2.45) is 0 Å². The highest BCUT2D eigenvalue weighted by atomic mass is 19.4. The zero-order valence-corrected chi connectivity index (χ0v) is 14.5. The van der Waals surface area contributed by atoms with E-state index in [-0.39, 0.29) is 12.5 Å². The molecule has 0 saturated heterocycles. The fourth-order valence-corrected chi connectivity index (χ4v) is 2.95. The standard InChI is InChI=1S/C19H15F6NO2/c1-10-2-4-15-11(6-10)3-5-16(28-15)17(27)26-14-8-12(18(20,21)22)7-13(9-14)19(23,24)25/h2,4,6-9,16H,3,5H2,1H3,(H,26,27). The summed E-state index contributed by atoms with van der Waals surface area (Å²) >= 11 is 0. The molecule has 0 aliphatic carbocycles. The van der Waals surface area contributed by atoms with Crippen molar-refractivity contribution in [1.29, 1.82) is 0 Å². The highest BCUT2D eigenvalue weighted by Crippen LogP contribution is 2.37. The lowest BCUT2D eigenvalue weighted by Gasteiger charge is -2.26. The molecule has 1 N–H and O–H groups in total. The second-order valence-electron chi connectivity index (χ2n) is 6.54. The van der Waals surface area contributed by atoms with Crippen molar-refractivity contribution in [1.82, 2.24) is 0 Å². The first-order valence-corrected chi connectivity index (χ1v) is 8.30. The van der Waals surface area contributed by atoms with Crippen LogP contribution in [0.4, 0.5) is 32.0 Å². The molecule has 1 aliphatic rings. The minimum atomic E-state index is -4.99. The molecule has 0 spiro atoms.